The zero-order valence-electron chi connectivity index (χ0n) is 25.1. The molecule has 0 atom stereocenters. The molecule has 3 rings (SSSR count). The van der Waals surface area contributed by atoms with Gasteiger partial charge in [-0.1, -0.05) is 51.0 Å². The van der Waals surface area contributed by atoms with Gasteiger partial charge in [0, 0.05) is 45.7 Å². The highest BCUT2D eigenvalue weighted by Crippen LogP contribution is 2.40. The second-order valence-corrected chi connectivity index (χ2v) is 11.5. The van der Waals surface area contributed by atoms with Gasteiger partial charge < -0.3 is 14.4 Å². The van der Waals surface area contributed by atoms with Crippen molar-refractivity contribution in [2.24, 2.45) is 0 Å². The van der Waals surface area contributed by atoms with E-state index in [0.717, 1.165) is 34.2 Å². The molecular formula is C35H38N4O2S. The van der Waals surface area contributed by atoms with E-state index >= 15 is 0 Å². The summed E-state index contributed by atoms with van der Waals surface area (Å²) in [6, 6.07) is 16.2. The number of benzene rings is 1. The minimum absolute atomic E-state index is 0.0466. The van der Waals surface area contributed by atoms with E-state index in [1.807, 2.05) is 68.5 Å². The third-order valence-electron chi connectivity index (χ3n) is 6.92. The molecule has 2 aromatic rings. The maximum absolute atomic E-state index is 9.72. The molecule has 0 radical (unpaired) electrons. The summed E-state index contributed by atoms with van der Waals surface area (Å²) in [7, 11) is 1.72. The molecule has 42 heavy (non-hydrogen) atoms. The van der Waals surface area contributed by atoms with Crippen molar-refractivity contribution >= 4 is 35.3 Å². The SMILES string of the molecule is CCCCN(CCCC)c1ccc(C=CC=Cc2ccc(C=CC3=C(C#N)C(=C(C#N)C#N)OC3(C)C)s2)c(OC)c1. The first-order chi connectivity index (χ1) is 20.3. The summed E-state index contributed by atoms with van der Waals surface area (Å²) < 4.78 is 11.6. The van der Waals surface area contributed by atoms with Crippen LogP contribution in [0.2, 0.25) is 0 Å². The topological polar surface area (TPSA) is 93.1 Å². The number of ether oxygens (including phenoxy) is 2. The summed E-state index contributed by atoms with van der Waals surface area (Å²) in [6.07, 6.45) is 16.6. The Balaban J connectivity index is 1.73. The van der Waals surface area contributed by atoms with Gasteiger partial charge in [-0.3, -0.25) is 0 Å². The fourth-order valence-corrected chi connectivity index (χ4v) is 5.43. The van der Waals surface area contributed by atoms with E-state index in [1.54, 1.807) is 18.4 Å². The summed E-state index contributed by atoms with van der Waals surface area (Å²) in [5.74, 6) is 0.906. The highest BCUT2D eigenvalue weighted by atomic mass is 32.1. The minimum Gasteiger partial charge on any atom is -0.496 e. The molecule has 1 aliphatic rings. The molecule has 0 saturated heterocycles. The average Bonchev–Trinajstić information content (AvgIpc) is 3.55. The molecule has 0 amide bonds. The Bertz CT molecular complexity index is 1510. The molecule has 0 N–H and O–H groups in total. The molecular weight excluding hydrogens is 540 g/mol. The summed E-state index contributed by atoms with van der Waals surface area (Å²) in [4.78, 5) is 4.54. The van der Waals surface area contributed by atoms with Crippen molar-refractivity contribution in [1.29, 1.82) is 15.8 Å². The fraction of sp³-hybridized carbons (Fsp3) is 0.343. The molecule has 0 saturated carbocycles. The van der Waals surface area contributed by atoms with Crippen LogP contribution in [0.15, 0.2) is 71.0 Å². The lowest BCUT2D eigenvalue weighted by Crippen LogP contribution is -2.25. The third kappa shape index (κ3) is 8.03. The molecule has 216 valence electrons. The van der Waals surface area contributed by atoms with Crippen LogP contribution in [0.5, 0.6) is 5.75 Å². The molecule has 1 aliphatic heterocycles. The van der Waals surface area contributed by atoms with Crippen LogP contribution in [0.4, 0.5) is 5.69 Å². The molecule has 0 fully saturated rings. The Morgan fingerprint density at radius 1 is 0.929 bits per heavy atom. The number of nitrogens with zero attached hydrogens (tertiary/aromatic N) is 4. The van der Waals surface area contributed by atoms with Crippen molar-refractivity contribution in [3.05, 3.63) is 86.4 Å². The summed E-state index contributed by atoms with van der Waals surface area (Å²) in [5.41, 5.74) is 2.05. The van der Waals surface area contributed by atoms with Crippen LogP contribution in [0.1, 0.15) is 68.7 Å². The Morgan fingerprint density at radius 3 is 2.17 bits per heavy atom. The van der Waals surface area contributed by atoms with Gasteiger partial charge >= 0.3 is 0 Å². The lowest BCUT2D eigenvalue weighted by atomic mass is 9.94. The predicted molar refractivity (Wildman–Crippen MR) is 172 cm³/mol. The largest absolute Gasteiger partial charge is 0.496 e. The van der Waals surface area contributed by atoms with Crippen LogP contribution < -0.4 is 9.64 Å². The van der Waals surface area contributed by atoms with E-state index < -0.39 is 5.60 Å². The van der Waals surface area contributed by atoms with Crippen molar-refractivity contribution in [3.63, 3.8) is 0 Å². The predicted octanol–water partition coefficient (Wildman–Crippen LogP) is 8.83. The van der Waals surface area contributed by atoms with Crippen LogP contribution >= 0.6 is 11.3 Å². The van der Waals surface area contributed by atoms with Crippen molar-refractivity contribution in [3.8, 4) is 24.0 Å². The monoisotopic (exact) mass is 578 g/mol. The number of hydrogen-bond donors (Lipinski definition) is 0. The number of hydrogen-bond acceptors (Lipinski definition) is 7. The van der Waals surface area contributed by atoms with Crippen molar-refractivity contribution in [2.75, 3.05) is 25.1 Å². The smallest absolute Gasteiger partial charge is 0.172 e. The second-order valence-electron chi connectivity index (χ2n) is 10.4. The Hall–Kier alpha value is -4.51. The third-order valence-corrected chi connectivity index (χ3v) is 7.94. The first-order valence-corrected chi connectivity index (χ1v) is 15.1. The lowest BCUT2D eigenvalue weighted by Gasteiger charge is -2.25. The van der Waals surface area contributed by atoms with E-state index in [-0.39, 0.29) is 16.9 Å². The van der Waals surface area contributed by atoms with E-state index in [9.17, 15) is 15.8 Å². The first-order valence-electron chi connectivity index (χ1n) is 14.3. The van der Waals surface area contributed by atoms with Crippen LogP contribution in [0.3, 0.4) is 0 Å². The highest BCUT2D eigenvalue weighted by molar-refractivity contribution is 7.13. The molecule has 0 bridgehead atoms. The number of thiophene rings is 1. The van der Waals surface area contributed by atoms with Crippen LogP contribution in [-0.4, -0.2) is 25.8 Å². The lowest BCUT2D eigenvalue weighted by molar-refractivity contribution is 0.0954. The maximum atomic E-state index is 9.72. The van der Waals surface area contributed by atoms with E-state index in [0.29, 0.717) is 5.57 Å². The van der Waals surface area contributed by atoms with Gasteiger partial charge in [0.05, 0.1) is 7.11 Å². The minimum atomic E-state index is -0.830. The zero-order chi connectivity index (χ0) is 30.5. The molecule has 1 aromatic carbocycles. The van der Waals surface area contributed by atoms with Crippen molar-refractivity contribution in [2.45, 2.75) is 59.0 Å². The summed E-state index contributed by atoms with van der Waals surface area (Å²) in [5, 5.41) is 28.2. The first kappa shape index (κ1) is 32.0. The van der Waals surface area contributed by atoms with Crippen LogP contribution in [0.25, 0.3) is 18.2 Å². The van der Waals surface area contributed by atoms with Gasteiger partial charge in [-0.05, 0) is 63.1 Å². The van der Waals surface area contributed by atoms with E-state index in [4.69, 9.17) is 9.47 Å². The Morgan fingerprint density at radius 2 is 1.57 bits per heavy atom. The molecule has 0 unspecified atom stereocenters. The van der Waals surface area contributed by atoms with Gasteiger partial charge in [0.2, 0.25) is 0 Å². The maximum Gasteiger partial charge on any atom is 0.172 e. The Kier molecular flexibility index (Phi) is 11.8. The van der Waals surface area contributed by atoms with Gasteiger partial charge in [0.25, 0.3) is 0 Å². The number of rotatable bonds is 13. The van der Waals surface area contributed by atoms with Gasteiger partial charge in [0.15, 0.2) is 11.3 Å². The summed E-state index contributed by atoms with van der Waals surface area (Å²) in [6.45, 7) is 10.2. The van der Waals surface area contributed by atoms with Gasteiger partial charge in [0.1, 0.15) is 35.1 Å². The molecule has 0 spiro atoms. The number of allylic oxidation sites excluding steroid dienone is 4. The van der Waals surface area contributed by atoms with Crippen molar-refractivity contribution < 1.29 is 9.47 Å². The fourth-order valence-electron chi connectivity index (χ4n) is 4.61. The average molecular weight is 579 g/mol. The quantitative estimate of drug-likeness (QED) is 0.174. The molecule has 6 nitrogen and oxygen atoms in total. The normalized spacial score (nSPS) is 14.3. The molecule has 2 heterocycles. The standard InChI is InChI=1S/C35H38N4O2S/c1-6-8-20-39(21-9-7-2)28-15-14-26(33(22-28)40-5)12-10-11-13-29-16-17-30(42-29)18-19-32-31(25-38)34(27(23-36)24-37)41-35(32,3)4/h10-19,22H,6-9,20-21H2,1-5H3. The van der Waals surface area contributed by atoms with E-state index in [1.165, 1.54) is 31.4 Å². The second kappa shape index (κ2) is 15.5. The summed E-state index contributed by atoms with van der Waals surface area (Å²) >= 11 is 1.61. The number of methoxy groups -OCH3 is 1. The van der Waals surface area contributed by atoms with Crippen molar-refractivity contribution in [1.82, 2.24) is 0 Å². The van der Waals surface area contributed by atoms with Crippen LogP contribution in [-0.2, 0) is 4.74 Å². The zero-order valence-corrected chi connectivity index (χ0v) is 25.9. The number of nitriles is 3. The van der Waals surface area contributed by atoms with Crippen LogP contribution in [0, 0.1) is 34.0 Å². The Labute approximate surface area is 254 Å². The molecule has 0 aliphatic carbocycles. The van der Waals surface area contributed by atoms with Gasteiger partial charge in [-0.15, -0.1) is 11.3 Å². The number of unbranched alkanes of at least 4 members (excludes halogenated alkanes) is 2. The highest BCUT2D eigenvalue weighted by Gasteiger charge is 2.38. The van der Waals surface area contributed by atoms with E-state index in [2.05, 4.69) is 49.1 Å². The van der Waals surface area contributed by atoms with Gasteiger partial charge in [-0.25, -0.2) is 0 Å². The number of anilines is 1. The molecule has 7 heteroatoms. The van der Waals surface area contributed by atoms with Gasteiger partial charge in [-0.2, -0.15) is 15.8 Å². The molecule has 1 aromatic heterocycles.